The molecule has 1 heterocycles. The van der Waals surface area contributed by atoms with Crippen molar-refractivity contribution in [3.8, 4) is 0 Å². The Morgan fingerprint density at radius 1 is 1.36 bits per heavy atom. The topological polar surface area (TPSA) is 49.6 Å². The number of rotatable bonds is 0. The van der Waals surface area contributed by atoms with E-state index in [2.05, 4.69) is 9.97 Å². The predicted octanol–water partition coefficient (Wildman–Crippen LogP) is 1.41. The van der Waals surface area contributed by atoms with Crippen LogP contribution in [0.2, 0.25) is 0 Å². The van der Waals surface area contributed by atoms with Crippen LogP contribution in [0.3, 0.4) is 0 Å². The first-order chi connectivity index (χ1) is 5.00. The van der Waals surface area contributed by atoms with Gasteiger partial charge in [-0.05, 0) is 6.07 Å². The van der Waals surface area contributed by atoms with Crippen LogP contribution in [0, 0.1) is 0 Å². The first-order valence-electron chi connectivity index (χ1n) is 2.62. The lowest BCUT2D eigenvalue weighted by Gasteiger charge is -2.03. The molecule has 1 aromatic rings. The van der Waals surface area contributed by atoms with E-state index in [9.17, 15) is 13.2 Å². The molecular weight excluding hydrogens is 159 g/mol. The van der Waals surface area contributed by atoms with Crippen LogP contribution >= 0.6 is 0 Å². The van der Waals surface area contributed by atoms with Gasteiger partial charge in [0, 0.05) is 6.20 Å². The molecule has 0 aliphatic rings. The maximum absolute atomic E-state index is 11.8. The van der Waals surface area contributed by atoms with E-state index in [1.165, 1.54) is 0 Å². The molecule has 6 heteroatoms. The normalized spacial score (nSPS) is 11.5. The standard InChI is InChI=1S/C5H3F3N3/c6-5(7,8)3-1-2-10-4(9)11-3/h1-2,9H. The summed E-state index contributed by atoms with van der Waals surface area (Å²) < 4.78 is 35.4. The summed E-state index contributed by atoms with van der Waals surface area (Å²) >= 11 is 0. The van der Waals surface area contributed by atoms with E-state index in [-0.39, 0.29) is 0 Å². The van der Waals surface area contributed by atoms with Crippen molar-refractivity contribution in [2.75, 3.05) is 0 Å². The summed E-state index contributed by atoms with van der Waals surface area (Å²) in [6.45, 7) is 0. The van der Waals surface area contributed by atoms with Gasteiger partial charge < -0.3 is 0 Å². The van der Waals surface area contributed by atoms with E-state index >= 15 is 0 Å². The van der Waals surface area contributed by atoms with Crippen LogP contribution in [0.4, 0.5) is 19.1 Å². The maximum atomic E-state index is 11.8. The van der Waals surface area contributed by atoms with Crippen molar-refractivity contribution in [2.24, 2.45) is 0 Å². The first kappa shape index (κ1) is 7.77. The summed E-state index contributed by atoms with van der Waals surface area (Å²) in [6, 6.07) is 0.720. The fraction of sp³-hybridized carbons (Fsp3) is 0.200. The molecule has 0 amide bonds. The highest BCUT2D eigenvalue weighted by atomic mass is 19.4. The fourth-order valence-corrected chi connectivity index (χ4v) is 0.517. The number of hydrogen-bond acceptors (Lipinski definition) is 2. The number of hydrogen-bond donors (Lipinski definition) is 0. The Labute approximate surface area is 60.1 Å². The second kappa shape index (κ2) is 2.37. The number of aromatic nitrogens is 2. The molecule has 0 aromatic carbocycles. The highest BCUT2D eigenvalue weighted by molar-refractivity contribution is 5.14. The second-order valence-corrected chi connectivity index (χ2v) is 1.76. The summed E-state index contributed by atoms with van der Waals surface area (Å²) in [4.78, 5) is 6.08. The van der Waals surface area contributed by atoms with Crippen molar-refractivity contribution < 1.29 is 13.2 Å². The SMILES string of the molecule is [NH]c1nccc(C(F)(F)F)n1. The summed E-state index contributed by atoms with van der Waals surface area (Å²) in [6.07, 6.45) is -3.59. The molecule has 1 rings (SSSR count). The predicted molar refractivity (Wildman–Crippen MR) is 29.8 cm³/mol. The summed E-state index contributed by atoms with van der Waals surface area (Å²) in [5, 5.41) is 0. The lowest BCUT2D eigenvalue weighted by molar-refractivity contribution is -0.141. The molecule has 0 unspecified atom stereocenters. The van der Waals surface area contributed by atoms with Crippen molar-refractivity contribution in [2.45, 2.75) is 6.18 Å². The van der Waals surface area contributed by atoms with Gasteiger partial charge in [-0.15, -0.1) is 0 Å². The van der Waals surface area contributed by atoms with Crippen molar-refractivity contribution >= 4 is 5.95 Å². The van der Waals surface area contributed by atoms with E-state index in [4.69, 9.17) is 5.73 Å². The minimum Gasteiger partial charge on any atom is -0.265 e. The number of alkyl halides is 3. The Bertz CT molecular complexity index is 257. The molecule has 0 spiro atoms. The van der Waals surface area contributed by atoms with Gasteiger partial charge in [-0.2, -0.15) is 13.2 Å². The largest absolute Gasteiger partial charge is 0.433 e. The molecular formula is C5H3F3N3. The molecule has 0 atom stereocenters. The molecule has 0 saturated carbocycles. The first-order valence-corrected chi connectivity index (χ1v) is 2.62. The van der Waals surface area contributed by atoms with Crippen molar-refractivity contribution in [3.05, 3.63) is 18.0 Å². The van der Waals surface area contributed by atoms with Crippen LogP contribution in [0.15, 0.2) is 12.3 Å². The van der Waals surface area contributed by atoms with Gasteiger partial charge >= 0.3 is 6.18 Å². The quantitative estimate of drug-likeness (QED) is 0.579. The molecule has 0 fully saturated rings. The van der Waals surface area contributed by atoms with Crippen LogP contribution in [-0.4, -0.2) is 9.97 Å². The van der Waals surface area contributed by atoms with Crippen LogP contribution in [0.1, 0.15) is 5.69 Å². The van der Waals surface area contributed by atoms with Gasteiger partial charge in [0.05, 0.1) is 0 Å². The Morgan fingerprint density at radius 3 is 2.36 bits per heavy atom. The van der Waals surface area contributed by atoms with E-state index in [0.29, 0.717) is 0 Å². The van der Waals surface area contributed by atoms with Crippen molar-refractivity contribution in [1.82, 2.24) is 15.7 Å². The molecule has 3 nitrogen and oxygen atoms in total. The summed E-state index contributed by atoms with van der Waals surface area (Å²) in [5.74, 6) is -0.625. The van der Waals surface area contributed by atoms with Gasteiger partial charge in [-0.3, -0.25) is 5.73 Å². The van der Waals surface area contributed by atoms with E-state index < -0.39 is 17.8 Å². The number of nitrogens with one attached hydrogen (secondary N) is 1. The van der Waals surface area contributed by atoms with Gasteiger partial charge in [-0.1, -0.05) is 0 Å². The fourth-order valence-electron chi connectivity index (χ4n) is 0.517. The van der Waals surface area contributed by atoms with Gasteiger partial charge in [0.15, 0.2) is 0 Å². The van der Waals surface area contributed by atoms with E-state index in [0.717, 1.165) is 12.3 Å². The van der Waals surface area contributed by atoms with Crippen molar-refractivity contribution in [1.29, 1.82) is 0 Å². The van der Waals surface area contributed by atoms with Crippen LogP contribution < -0.4 is 5.73 Å². The minimum atomic E-state index is -4.49. The molecule has 0 bridgehead atoms. The second-order valence-electron chi connectivity index (χ2n) is 1.76. The molecule has 0 saturated heterocycles. The number of nitrogens with zero attached hydrogens (tertiary/aromatic N) is 2. The van der Waals surface area contributed by atoms with Crippen LogP contribution in [0.25, 0.3) is 0 Å². The lowest BCUT2D eigenvalue weighted by Crippen LogP contribution is -2.08. The summed E-state index contributed by atoms with van der Waals surface area (Å²) in [5.41, 5.74) is 5.61. The monoisotopic (exact) mass is 162 g/mol. The molecule has 59 valence electrons. The highest BCUT2D eigenvalue weighted by Gasteiger charge is 2.32. The Hall–Kier alpha value is -1.33. The molecule has 1 N–H and O–H groups in total. The molecule has 0 aliphatic heterocycles. The van der Waals surface area contributed by atoms with Gasteiger partial charge in [0.1, 0.15) is 5.69 Å². The van der Waals surface area contributed by atoms with Gasteiger partial charge in [-0.25, -0.2) is 9.97 Å². The third-order valence-corrected chi connectivity index (χ3v) is 0.946. The zero-order chi connectivity index (χ0) is 8.48. The van der Waals surface area contributed by atoms with Crippen molar-refractivity contribution in [3.63, 3.8) is 0 Å². The van der Waals surface area contributed by atoms with E-state index in [1.807, 2.05) is 0 Å². The Morgan fingerprint density at radius 2 is 2.00 bits per heavy atom. The maximum Gasteiger partial charge on any atom is 0.433 e. The smallest absolute Gasteiger partial charge is 0.265 e. The lowest BCUT2D eigenvalue weighted by atomic mass is 10.4. The molecule has 1 radical (unpaired) electrons. The Balaban J connectivity index is 3.06. The molecule has 0 aliphatic carbocycles. The van der Waals surface area contributed by atoms with E-state index in [1.54, 1.807) is 0 Å². The van der Waals surface area contributed by atoms with Gasteiger partial charge in [0.25, 0.3) is 0 Å². The third kappa shape index (κ3) is 1.79. The van der Waals surface area contributed by atoms with Crippen LogP contribution in [-0.2, 0) is 6.18 Å². The summed E-state index contributed by atoms with van der Waals surface area (Å²) in [7, 11) is 0. The minimum absolute atomic E-state index is 0.625. The van der Waals surface area contributed by atoms with Gasteiger partial charge in [0.2, 0.25) is 5.95 Å². The Kier molecular flexibility index (Phi) is 1.67. The zero-order valence-electron chi connectivity index (χ0n) is 5.18. The molecule has 1 aromatic heterocycles. The average Bonchev–Trinajstić information content (AvgIpc) is 1.86. The zero-order valence-corrected chi connectivity index (χ0v) is 5.18. The number of halogens is 3. The van der Waals surface area contributed by atoms with Crippen LogP contribution in [0.5, 0.6) is 0 Å². The average molecular weight is 162 g/mol. The third-order valence-electron chi connectivity index (χ3n) is 0.946. The molecule has 11 heavy (non-hydrogen) atoms. The highest BCUT2D eigenvalue weighted by Crippen LogP contribution is 2.27.